The Bertz CT molecular complexity index is 1370. The summed E-state index contributed by atoms with van der Waals surface area (Å²) in [5.74, 6) is 1.26. The third kappa shape index (κ3) is 5.18. The predicted octanol–water partition coefficient (Wildman–Crippen LogP) is 3.70. The molecule has 0 spiro atoms. The molecule has 3 aromatic rings. The Labute approximate surface area is 218 Å². The molecule has 0 radical (unpaired) electrons. The molecule has 1 amide bonds. The number of carbonyl (C=O) groups is 1. The molecule has 3 heterocycles. The van der Waals surface area contributed by atoms with Gasteiger partial charge in [0.15, 0.2) is 5.82 Å². The lowest BCUT2D eigenvalue weighted by Gasteiger charge is -2.39. The number of rotatable bonds is 6. The van der Waals surface area contributed by atoms with E-state index in [2.05, 4.69) is 14.9 Å². The third-order valence-corrected chi connectivity index (χ3v) is 8.57. The van der Waals surface area contributed by atoms with Crippen LogP contribution in [0.4, 0.5) is 28.7 Å². The summed E-state index contributed by atoms with van der Waals surface area (Å²) in [6.07, 6.45) is 1.61. The van der Waals surface area contributed by atoms with E-state index >= 15 is 0 Å². The predicted molar refractivity (Wildman–Crippen MR) is 146 cm³/mol. The summed E-state index contributed by atoms with van der Waals surface area (Å²) in [7, 11) is 0.214. The van der Waals surface area contributed by atoms with Gasteiger partial charge in [-0.1, -0.05) is 18.2 Å². The molecule has 5 rings (SSSR count). The highest BCUT2D eigenvalue weighted by atomic mass is 32.2. The number of nitrogens with one attached hydrogen (secondary N) is 2. The first kappa shape index (κ1) is 25.2. The molecule has 2 aromatic carbocycles. The second-order valence-corrected chi connectivity index (χ2v) is 11.4. The SMILES string of the molecule is C[C@@H]1C(=O)N(C)c2ccc(Nc3ccc(S(=O)(=O)NC4CCN(C)CC4)cc3)nc2N1c1ccccc1. The molecule has 37 heavy (non-hydrogen) atoms. The quantitative estimate of drug-likeness (QED) is 0.511. The van der Waals surface area contributed by atoms with E-state index in [1.165, 1.54) is 0 Å². The number of hydrogen-bond acceptors (Lipinski definition) is 7. The summed E-state index contributed by atoms with van der Waals surface area (Å²) in [5, 5.41) is 3.27. The number of likely N-dealkylation sites (N-methyl/N-ethyl adjacent to an activating group) is 1. The molecule has 194 valence electrons. The van der Waals surface area contributed by atoms with Crippen LogP contribution >= 0.6 is 0 Å². The fourth-order valence-corrected chi connectivity index (χ4v) is 6.16. The van der Waals surface area contributed by atoms with E-state index in [9.17, 15) is 13.2 Å². The van der Waals surface area contributed by atoms with Gasteiger partial charge in [0.2, 0.25) is 15.9 Å². The van der Waals surface area contributed by atoms with Crippen LogP contribution in [0.3, 0.4) is 0 Å². The largest absolute Gasteiger partial charge is 0.340 e. The Hall–Kier alpha value is -3.47. The lowest BCUT2D eigenvalue weighted by molar-refractivity contribution is -0.119. The van der Waals surface area contributed by atoms with Crippen LogP contribution in [0.15, 0.2) is 71.6 Å². The van der Waals surface area contributed by atoms with Crippen LogP contribution in [0.2, 0.25) is 0 Å². The number of carbonyl (C=O) groups excluding carboxylic acids is 1. The summed E-state index contributed by atoms with van der Waals surface area (Å²) in [5.41, 5.74) is 2.32. The van der Waals surface area contributed by atoms with Crippen molar-refractivity contribution >= 4 is 44.6 Å². The van der Waals surface area contributed by atoms with Gasteiger partial charge in [0.25, 0.3) is 0 Å². The van der Waals surface area contributed by atoms with Crippen LogP contribution < -0.4 is 19.8 Å². The second-order valence-electron chi connectivity index (χ2n) is 9.67. The molecule has 2 aliphatic rings. The van der Waals surface area contributed by atoms with E-state index in [1.54, 1.807) is 36.2 Å². The van der Waals surface area contributed by atoms with Gasteiger partial charge < -0.3 is 20.0 Å². The summed E-state index contributed by atoms with van der Waals surface area (Å²) in [6.45, 7) is 3.64. The summed E-state index contributed by atoms with van der Waals surface area (Å²) >= 11 is 0. The summed E-state index contributed by atoms with van der Waals surface area (Å²) in [4.78, 5) is 23.7. The van der Waals surface area contributed by atoms with Crippen molar-refractivity contribution in [3.63, 3.8) is 0 Å². The first-order chi connectivity index (χ1) is 17.7. The summed E-state index contributed by atoms with van der Waals surface area (Å²) in [6, 6.07) is 19.6. The number of likely N-dealkylation sites (tertiary alicyclic amines) is 1. The Kier molecular flexibility index (Phi) is 6.89. The Morgan fingerprint density at radius 1 is 0.919 bits per heavy atom. The number of nitrogens with zero attached hydrogens (tertiary/aromatic N) is 4. The molecule has 0 bridgehead atoms. The van der Waals surface area contributed by atoms with Crippen molar-refractivity contribution in [3.8, 4) is 0 Å². The van der Waals surface area contributed by atoms with Gasteiger partial charge in [-0.05, 0) is 88.4 Å². The third-order valence-electron chi connectivity index (χ3n) is 7.03. The standard InChI is InChI=1S/C27H32N6O3S/c1-19-27(34)32(3)24-13-14-25(29-26(24)33(19)22-7-5-4-6-8-22)28-20-9-11-23(12-10-20)37(35,36)30-21-15-17-31(2)18-16-21/h4-14,19,21,30H,15-18H2,1-3H3,(H,28,29)/t19-/m1/s1. The average molecular weight is 521 g/mol. The van der Waals surface area contributed by atoms with Crippen molar-refractivity contribution in [2.45, 2.75) is 36.7 Å². The van der Waals surface area contributed by atoms with Gasteiger partial charge >= 0.3 is 0 Å². The molecule has 10 heteroatoms. The van der Waals surface area contributed by atoms with E-state index in [4.69, 9.17) is 4.98 Å². The van der Waals surface area contributed by atoms with Crippen LogP contribution in [0, 0.1) is 0 Å². The highest BCUT2D eigenvalue weighted by Gasteiger charge is 2.35. The maximum absolute atomic E-state index is 12.9. The Morgan fingerprint density at radius 3 is 2.27 bits per heavy atom. The minimum Gasteiger partial charge on any atom is -0.340 e. The number of pyridine rings is 1. The van der Waals surface area contributed by atoms with Crippen molar-refractivity contribution in [2.75, 3.05) is 42.3 Å². The van der Waals surface area contributed by atoms with Crippen molar-refractivity contribution in [1.29, 1.82) is 0 Å². The minimum atomic E-state index is -3.59. The van der Waals surface area contributed by atoms with Gasteiger partial charge in [0.05, 0.1) is 10.6 Å². The number of benzene rings is 2. The molecule has 2 N–H and O–H groups in total. The molecule has 1 atom stereocenters. The van der Waals surface area contributed by atoms with Crippen molar-refractivity contribution in [1.82, 2.24) is 14.6 Å². The van der Waals surface area contributed by atoms with Crippen LogP contribution in [0.1, 0.15) is 19.8 Å². The monoisotopic (exact) mass is 520 g/mol. The maximum atomic E-state index is 12.9. The zero-order valence-corrected chi connectivity index (χ0v) is 22.1. The fourth-order valence-electron chi connectivity index (χ4n) is 4.86. The van der Waals surface area contributed by atoms with E-state index in [1.807, 2.05) is 61.3 Å². The van der Waals surface area contributed by atoms with Crippen LogP contribution in [-0.2, 0) is 14.8 Å². The molecular formula is C27H32N6O3S. The van der Waals surface area contributed by atoms with Crippen LogP contribution in [0.5, 0.6) is 0 Å². The van der Waals surface area contributed by atoms with Gasteiger partial charge in [0, 0.05) is 24.5 Å². The van der Waals surface area contributed by atoms with E-state index < -0.39 is 16.1 Å². The van der Waals surface area contributed by atoms with Gasteiger partial charge in [-0.25, -0.2) is 18.1 Å². The number of aromatic nitrogens is 1. The number of para-hydroxylation sites is 1. The average Bonchev–Trinajstić information content (AvgIpc) is 2.90. The number of hydrogen-bond donors (Lipinski definition) is 2. The van der Waals surface area contributed by atoms with Gasteiger partial charge in [-0.15, -0.1) is 0 Å². The van der Waals surface area contributed by atoms with Gasteiger partial charge in [-0.3, -0.25) is 4.79 Å². The zero-order chi connectivity index (χ0) is 26.2. The number of fused-ring (bicyclic) bond motifs is 1. The molecule has 1 fully saturated rings. The summed E-state index contributed by atoms with van der Waals surface area (Å²) < 4.78 is 28.6. The van der Waals surface area contributed by atoms with E-state index in [-0.39, 0.29) is 16.8 Å². The smallest absolute Gasteiger partial charge is 0.249 e. The Morgan fingerprint density at radius 2 is 1.59 bits per heavy atom. The molecule has 0 aliphatic carbocycles. The molecule has 1 saturated heterocycles. The lowest BCUT2D eigenvalue weighted by atomic mass is 10.1. The molecule has 1 aromatic heterocycles. The van der Waals surface area contributed by atoms with Crippen LogP contribution in [-0.4, -0.2) is 63.5 Å². The molecule has 2 aliphatic heterocycles. The number of anilines is 5. The normalized spacial score (nSPS) is 19.1. The van der Waals surface area contributed by atoms with E-state index in [0.29, 0.717) is 17.3 Å². The molecular weight excluding hydrogens is 488 g/mol. The number of amides is 1. The topological polar surface area (TPSA) is 97.9 Å². The number of piperidine rings is 1. The first-order valence-corrected chi connectivity index (χ1v) is 13.9. The van der Waals surface area contributed by atoms with Gasteiger partial charge in [0.1, 0.15) is 11.9 Å². The van der Waals surface area contributed by atoms with Gasteiger partial charge in [-0.2, -0.15) is 0 Å². The highest BCUT2D eigenvalue weighted by molar-refractivity contribution is 7.89. The van der Waals surface area contributed by atoms with Crippen molar-refractivity contribution in [3.05, 3.63) is 66.7 Å². The highest BCUT2D eigenvalue weighted by Crippen LogP contribution is 2.39. The lowest BCUT2D eigenvalue weighted by Crippen LogP contribution is -2.49. The Balaban J connectivity index is 1.36. The van der Waals surface area contributed by atoms with Crippen molar-refractivity contribution < 1.29 is 13.2 Å². The minimum absolute atomic E-state index is 0.00971. The number of sulfonamides is 1. The van der Waals surface area contributed by atoms with E-state index in [0.717, 1.165) is 37.3 Å². The van der Waals surface area contributed by atoms with Crippen molar-refractivity contribution in [2.24, 2.45) is 0 Å². The fraction of sp³-hybridized carbons (Fsp3) is 0.333. The molecule has 9 nitrogen and oxygen atoms in total. The molecule has 0 unspecified atom stereocenters. The first-order valence-electron chi connectivity index (χ1n) is 12.4. The maximum Gasteiger partial charge on any atom is 0.249 e. The molecule has 0 saturated carbocycles. The van der Waals surface area contributed by atoms with Crippen LogP contribution in [0.25, 0.3) is 0 Å². The second kappa shape index (κ2) is 10.1. The zero-order valence-electron chi connectivity index (χ0n) is 21.3.